The number of hydrogen-bond acceptors (Lipinski definition) is 2. The molecule has 1 aromatic carbocycles. The summed E-state index contributed by atoms with van der Waals surface area (Å²) in [5, 5.41) is 3.15. The van der Waals surface area contributed by atoms with E-state index < -0.39 is 0 Å². The summed E-state index contributed by atoms with van der Waals surface area (Å²) in [6.45, 7) is 4.04. The first-order valence-electron chi connectivity index (χ1n) is 4.29. The van der Waals surface area contributed by atoms with E-state index in [1.165, 1.54) is 0 Å². The zero-order valence-corrected chi connectivity index (χ0v) is 9.47. The Morgan fingerprint density at radius 2 is 1.92 bits per heavy atom. The van der Waals surface area contributed by atoms with Crippen molar-refractivity contribution in [3.05, 3.63) is 24.3 Å². The lowest BCUT2D eigenvalue weighted by Crippen LogP contribution is -2.05. The number of ether oxygens (including phenoxy) is 1. The predicted molar refractivity (Wildman–Crippen MR) is 59.6 cm³/mol. The first-order chi connectivity index (χ1) is 6.22. The SMILES string of the molecule is CC(C)Oc1ccc(NCBr)cc1. The number of benzene rings is 1. The van der Waals surface area contributed by atoms with Gasteiger partial charge in [-0.3, -0.25) is 0 Å². The molecule has 0 saturated carbocycles. The van der Waals surface area contributed by atoms with Crippen LogP contribution < -0.4 is 10.1 Å². The molecule has 0 unspecified atom stereocenters. The minimum Gasteiger partial charge on any atom is -0.491 e. The van der Waals surface area contributed by atoms with Crippen LogP contribution in [0.5, 0.6) is 5.75 Å². The molecule has 0 fully saturated rings. The van der Waals surface area contributed by atoms with Crippen molar-refractivity contribution in [2.24, 2.45) is 0 Å². The van der Waals surface area contributed by atoms with Gasteiger partial charge in [-0.05, 0) is 38.1 Å². The van der Waals surface area contributed by atoms with Crippen molar-refractivity contribution >= 4 is 21.6 Å². The molecule has 0 atom stereocenters. The predicted octanol–water partition coefficient (Wildman–Crippen LogP) is 3.24. The zero-order valence-electron chi connectivity index (χ0n) is 7.88. The summed E-state index contributed by atoms with van der Waals surface area (Å²) in [4.78, 5) is 0. The van der Waals surface area contributed by atoms with Gasteiger partial charge in [-0.2, -0.15) is 0 Å². The Morgan fingerprint density at radius 3 is 2.38 bits per heavy atom. The van der Waals surface area contributed by atoms with E-state index in [0.717, 1.165) is 16.9 Å². The molecular weight excluding hydrogens is 230 g/mol. The van der Waals surface area contributed by atoms with Crippen LogP contribution in [-0.4, -0.2) is 11.6 Å². The molecule has 1 N–H and O–H groups in total. The highest BCUT2D eigenvalue weighted by molar-refractivity contribution is 9.09. The number of hydrogen-bond donors (Lipinski definition) is 1. The molecule has 72 valence electrons. The third-order valence-electron chi connectivity index (χ3n) is 1.50. The zero-order chi connectivity index (χ0) is 9.68. The molecule has 3 heteroatoms. The first kappa shape index (κ1) is 10.4. The van der Waals surface area contributed by atoms with Gasteiger partial charge in [0.25, 0.3) is 0 Å². The fourth-order valence-electron chi connectivity index (χ4n) is 1.00. The molecule has 0 aliphatic rings. The Kier molecular flexibility index (Phi) is 4.09. The van der Waals surface area contributed by atoms with Crippen LogP contribution in [0.2, 0.25) is 0 Å². The van der Waals surface area contributed by atoms with Gasteiger partial charge in [-0.1, -0.05) is 15.9 Å². The van der Waals surface area contributed by atoms with E-state index >= 15 is 0 Å². The molecule has 1 aromatic rings. The Hall–Kier alpha value is -0.700. The number of nitrogens with one attached hydrogen (secondary N) is 1. The Balaban J connectivity index is 2.59. The molecule has 0 amide bonds. The van der Waals surface area contributed by atoms with E-state index in [9.17, 15) is 0 Å². The van der Waals surface area contributed by atoms with Crippen molar-refractivity contribution < 1.29 is 4.74 Å². The van der Waals surface area contributed by atoms with Crippen LogP contribution in [0.1, 0.15) is 13.8 Å². The number of halogens is 1. The maximum atomic E-state index is 5.51. The third kappa shape index (κ3) is 3.68. The molecule has 0 bridgehead atoms. The Bertz CT molecular complexity index is 246. The van der Waals surface area contributed by atoms with Crippen LogP contribution in [-0.2, 0) is 0 Å². The van der Waals surface area contributed by atoms with Crippen LogP contribution in [0.15, 0.2) is 24.3 Å². The molecule has 13 heavy (non-hydrogen) atoms. The van der Waals surface area contributed by atoms with Crippen LogP contribution in [0.25, 0.3) is 0 Å². The minimum atomic E-state index is 0.231. The Labute approximate surface area is 87.4 Å². The van der Waals surface area contributed by atoms with Gasteiger partial charge in [0.15, 0.2) is 0 Å². The van der Waals surface area contributed by atoms with E-state index in [0.29, 0.717) is 0 Å². The highest BCUT2D eigenvalue weighted by atomic mass is 79.9. The highest BCUT2D eigenvalue weighted by Gasteiger charge is 1.96. The van der Waals surface area contributed by atoms with Crippen molar-refractivity contribution in [2.75, 3.05) is 10.8 Å². The highest BCUT2D eigenvalue weighted by Crippen LogP contribution is 2.16. The van der Waals surface area contributed by atoms with E-state index in [-0.39, 0.29) is 6.10 Å². The monoisotopic (exact) mass is 243 g/mol. The summed E-state index contributed by atoms with van der Waals surface area (Å²) in [7, 11) is 0. The number of anilines is 1. The first-order valence-corrected chi connectivity index (χ1v) is 5.41. The van der Waals surface area contributed by atoms with Crippen molar-refractivity contribution in [1.29, 1.82) is 0 Å². The van der Waals surface area contributed by atoms with Gasteiger partial charge >= 0.3 is 0 Å². The fraction of sp³-hybridized carbons (Fsp3) is 0.400. The molecule has 2 nitrogen and oxygen atoms in total. The second-order valence-corrected chi connectivity index (χ2v) is 3.56. The second kappa shape index (κ2) is 5.12. The minimum absolute atomic E-state index is 0.231. The molecular formula is C10H14BrNO. The van der Waals surface area contributed by atoms with Crippen molar-refractivity contribution in [1.82, 2.24) is 0 Å². The van der Waals surface area contributed by atoms with Gasteiger partial charge in [0, 0.05) is 5.69 Å². The average Bonchev–Trinajstić information content (AvgIpc) is 2.08. The van der Waals surface area contributed by atoms with Crippen molar-refractivity contribution in [3.63, 3.8) is 0 Å². The quantitative estimate of drug-likeness (QED) is 0.648. The molecule has 0 radical (unpaired) electrons. The number of alkyl halides is 1. The maximum absolute atomic E-state index is 5.51. The average molecular weight is 244 g/mol. The van der Waals surface area contributed by atoms with Crippen LogP contribution in [0.4, 0.5) is 5.69 Å². The lowest BCUT2D eigenvalue weighted by Gasteiger charge is -2.10. The van der Waals surface area contributed by atoms with Crippen LogP contribution in [0, 0.1) is 0 Å². The van der Waals surface area contributed by atoms with Crippen molar-refractivity contribution in [2.45, 2.75) is 20.0 Å². The molecule has 0 heterocycles. The summed E-state index contributed by atoms with van der Waals surface area (Å²) in [5.41, 5.74) is 1.85. The van der Waals surface area contributed by atoms with E-state index in [4.69, 9.17) is 4.74 Å². The summed E-state index contributed by atoms with van der Waals surface area (Å²) < 4.78 is 5.51. The molecule has 0 aliphatic carbocycles. The Morgan fingerprint density at radius 1 is 1.31 bits per heavy atom. The second-order valence-electron chi connectivity index (χ2n) is 3.00. The molecule has 0 aromatic heterocycles. The van der Waals surface area contributed by atoms with E-state index in [1.807, 2.05) is 38.1 Å². The largest absolute Gasteiger partial charge is 0.491 e. The van der Waals surface area contributed by atoms with Gasteiger partial charge in [0.2, 0.25) is 0 Å². The smallest absolute Gasteiger partial charge is 0.119 e. The molecule has 0 aliphatic heterocycles. The lowest BCUT2D eigenvalue weighted by atomic mass is 10.3. The summed E-state index contributed by atoms with van der Waals surface area (Å²) in [5.74, 6) is 0.912. The van der Waals surface area contributed by atoms with Crippen molar-refractivity contribution in [3.8, 4) is 5.75 Å². The standard InChI is InChI=1S/C10H14BrNO/c1-8(2)13-10-5-3-9(4-6-10)12-7-11/h3-6,8,12H,7H2,1-2H3. The van der Waals surface area contributed by atoms with Crippen LogP contribution >= 0.6 is 15.9 Å². The van der Waals surface area contributed by atoms with Crippen LogP contribution in [0.3, 0.4) is 0 Å². The lowest BCUT2D eigenvalue weighted by molar-refractivity contribution is 0.242. The molecule has 0 spiro atoms. The van der Waals surface area contributed by atoms with E-state index in [2.05, 4.69) is 21.2 Å². The maximum Gasteiger partial charge on any atom is 0.119 e. The molecule has 0 saturated heterocycles. The summed E-state index contributed by atoms with van der Waals surface area (Å²) >= 11 is 3.30. The van der Waals surface area contributed by atoms with Gasteiger partial charge < -0.3 is 10.1 Å². The third-order valence-corrected chi connectivity index (χ3v) is 1.78. The number of rotatable bonds is 4. The molecule has 1 rings (SSSR count). The topological polar surface area (TPSA) is 21.3 Å². The van der Waals surface area contributed by atoms with Gasteiger partial charge in [-0.15, -0.1) is 0 Å². The van der Waals surface area contributed by atoms with Gasteiger partial charge in [0.05, 0.1) is 11.6 Å². The fourth-order valence-corrected chi connectivity index (χ4v) is 1.32. The normalized spacial score (nSPS) is 10.2. The summed E-state index contributed by atoms with van der Waals surface area (Å²) in [6.07, 6.45) is 0.231. The van der Waals surface area contributed by atoms with E-state index in [1.54, 1.807) is 0 Å². The van der Waals surface area contributed by atoms with Gasteiger partial charge in [0.1, 0.15) is 5.75 Å². The summed E-state index contributed by atoms with van der Waals surface area (Å²) in [6, 6.07) is 7.92. The van der Waals surface area contributed by atoms with Gasteiger partial charge in [-0.25, -0.2) is 0 Å².